The predicted molar refractivity (Wildman–Crippen MR) is 86.1 cm³/mol. The van der Waals surface area contributed by atoms with Crippen molar-refractivity contribution in [1.82, 2.24) is 9.29 Å². The minimum atomic E-state index is -3.49. The van der Waals surface area contributed by atoms with E-state index < -0.39 is 10.0 Å². The van der Waals surface area contributed by atoms with Crippen molar-refractivity contribution in [2.45, 2.75) is 37.6 Å². The second-order valence-corrected chi connectivity index (χ2v) is 7.53. The van der Waals surface area contributed by atoms with Crippen LogP contribution in [0.15, 0.2) is 35.2 Å². The molecule has 2 aromatic rings. The van der Waals surface area contributed by atoms with Gasteiger partial charge in [0.1, 0.15) is 5.15 Å². The molecule has 0 aliphatic rings. The number of halogens is 1. The predicted octanol–water partition coefficient (Wildman–Crippen LogP) is 3.70. The van der Waals surface area contributed by atoms with Gasteiger partial charge in [-0.05, 0) is 43.7 Å². The summed E-state index contributed by atoms with van der Waals surface area (Å²) in [4.78, 5) is 4.45. The van der Waals surface area contributed by atoms with Crippen molar-refractivity contribution in [1.29, 1.82) is 0 Å². The van der Waals surface area contributed by atoms with E-state index in [9.17, 15) is 8.42 Å². The molecule has 0 aliphatic carbocycles. The number of pyridine rings is 1. The molecule has 2 rings (SSSR count). The molecule has 0 saturated heterocycles. The zero-order valence-electron chi connectivity index (χ0n) is 12.4. The number of hydrogen-bond acceptors (Lipinski definition) is 3. The average molecular weight is 327 g/mol. The van der Waals surface area contributed by atoms with E-state index in [2.05, 4.69) is 4.98 Å². The maximum Gasteiger partial charge on any atom is 0.243 e. The molecule has 0 spiro atoms. The second kappa shape index (κ2) is 6.30. The first kappa shape index (κ1) is 16.2. The lowest BCUT2D eigenvalue weighted by molar-refractivity contribution is 0.369. The molecule has 4 nitrogen and oxygen atoms in total. The molecule has 0 N–H and O–H groups in total. The molecule has 0 amide bonds. The highest BCUT2D eigenvalue weighted by Gasteiger charge is 2.25. The van der Waals surface area contributed by atoms with Crippen LogP contribution in [0, 0.1) is 0 Å². The van der Waals surface area contributed by atoms with Gasteiger partial charge in [-0.15, -0.1) is 0 Å². The van der Waals surface area contributed by atoms with Crippen LogP contribution in [0.3, 0.4) is 0 Å². The topological polar surface area (TPSA) is 50.3 Å². The van der Waals surface area contributed by atoms with Gasteiger partial charge in [-0.3, -0.25) is 0 Å². The molecule has 0 fully saturated rings. The Hall–Kier alpha value is -1.17. The van der Waals surface area contributed by atoms with Gasteiger partial charge >= 0.3 is 0 Å². The SMILES string of the molecule is CCCC(C)N(C)S(=O)(=O)c1ccc2nc(Cl)ccc2c1. The molecule has 1 aromatic heterocycles. The Kier molecular flexibility index (Phi) is 4.86. The molecule has 0 aliphatic heterocycles. The number of hydrogen-bond donors (Lipinski definition) is 0. The van der Waals surface area contributed by atoms with Gasteiger partial charge in [-0.1, -0.05) is 24.9 Å². The Balaban J connectivity index is 2.42. The van der Waals surface area contributed by atoms with Crippen molar-refractivity contribution in [2.75, 3.05) is 7.05 Å². The van der Waals surface area contributed by atoms with Gasteiger partial charge in [-0.2, -0.15) is 4.31 Å². The summed E-state index contributed by atoms with van der Waals surface area (Å²) in [5.74, 6) is 0. The molecule has 1 unspecified atom stereocenters. The van der Waals surface area contributed by atoms with Crippen LogP contribution < -0.4 is 0 Å². The lowest BCUT2D eigenvalue weighted by atomic mass is 10.2. The zero-order chi connectivity index (χ0) is 15.6. The first-order valence-electron chi connectivity index (χ1n) is 6.90. The Morgan fingerprint density at radius 1 is 1.29 bits per heavy atom. The van der Waals surface area contributed by atoms with Crippen LogP contribution in [0.5, 0.6) is 0 Å². The maximum absolute atomic E-state index is 12.6. The first-order valence-corrected chi connectivity index (χ1v) is 8.72. The number of fused-ring (bicyclic) bond motifs is 1. The molecule has 1 aromatic carbocycles. The van der Waals surface area contributed by atoms with Crippen molar-refractivity contribution in [2.24, 2.45) is 0 Å². The third-order valence-electron chi connectivity index (χ3n) is 3.63. The molecular weight excluding hydrogens is 308 g/mol. The Morgan fingerprint density at radius 2 is 2.00 bits per heavy atom. The van der Waals surface area contributed by atoms with E-state index in [0.717, 1.165) is 18.2 Å². The van der Waals surface area contributed by atoms with Gasteiger partial charge in [0.2, 0.25) is 10.0 Å². The fourth-order valence-corrected chi connectivity index (χ4v) is 3.82. The van der Waals surface area contributed by atoms with Crippen LogP contribution in [0.1, 0.15) is 26.7 Å². The standard InChI is InChI=1S/C15H19ClN2O2S/c1-4-5-11(2)18(3)21(19,20)13-7-8-14-12(10-13)6-9-15(16)17-14/h6-11H,4-5H2,1-3H3. The number of benzene rings is 1. The van der Waals surface area contributed by atoms with E-state index in [4.69, 9.17) is 11.6 Å². The van der Waals surface area contributed by atoms with Crippen molar-refractivity contribution < 1.29 is 8.42 Å². The Morgan fingerprint density at radius 3 is 2.67 bits per heavy atom. The summed E-state index contributed by atoms with van der Waals surface area (Å²) >= 11 is 5.84. The number of rotatable bonds is 5. The van der Waals surface area contributed by atoms with Crippen molar-refractivity contribution in [3.63, 3.8) is 0 Å². The summed E-state index contributed by atoms with van der Waals surface area (Å²) in [6.07, 6.45) is 1.78. The van der Waals surface area contributed by atoms with E-state index in [1.165, 1.54) is 4.31 Å². The summed E-state index contributed by atoms with van der Waals surface area (Å²) < 4.78 is 26.7. The van der Waals surface area contributed by atoms with E-state index in [1.54, 1.807) is 37.4 Å². The van der Waals surface area contributed by atoms with Gasteiger partial charge in [0.15, 0.2) is 0 Å². The molecule has 0 bridgehead atoms. The van der Waals surface area contributed by atoms with Gasteiger partial charge in [0, 0.05) is 18.5 Å². The van der Waals surface area contributed by atoms with Gasteiger partial charge in [0.05, 0.1) is 10.4 Å². The molecule has 0 radical (unpaired) electrons. The Labute approximate surface area is 130 Å². The van der Waals surface area contributed by atoms with Crippen LogP contribution >= 0.6 is 11.6 Å². The monoisotopic (exact) mass is 326 g/mol. The number of sulfonamides is 1. The number of nitrogens with zero attached hydrogens (tertiary/aromatic N) is 2. The smallest absolute Gasteiger partial charge is 0.236 e. The zero-order valence-corrected chi connectivity index (χ0v) is 13.9. The van der Waals surface area contributed by atoms with Gasteiger partial charge < -0.3 is 0 Å². The summed E-state index contributed by atoms with van der Waals surface area (Å²) in [5.41, 5.74) is 0.686. The quantitative estimate of drug-likeness (QED) is 0.787. The van der Waals surface area contributed by atoms with Crippen LogP contribution in [0.2, 0.25) is 5.15 Å². The highest BCUT2D eigenvalue weighted by Crippen LogP contribution is 2.23. The normalized spacial score (nSPS) is 13.8. The third-order valence-corrected chi connectivity index (χ3v) is 5.81. The maximum atomic E-state index is 12.6. The molecule has 21 heavy (non-hydrogen) atoms. The van der Waals surface area contributed by atoms with Gasteiger partial charge in [-0.25, -0.2) is 13.4 Å². The van der Waals surface area contributed by atoms with E-state index >= 15 is 0 Å². The molecule has 0 saturated carbocycles. The number of aromatic nitrogens is 1. The molecular formula is C15H19ClN2O2S. The minimum absolute atomic E-state index is 0.0287. The van der Waals surface area contributed by atoms with Gasteiger partial charge in [0.25, 0.3) is 0 Å². The molecule has 1 atom stereocenters. The second-order valence-electron chi connectivity index (χ2n) is 5.15. The van der Waals surface area contributed by atoms with Crippen molar-refractivity contribution in [3.8, 4) is 0 Å². The molecule has 114 valence electrons. The van der Waals surface area contributed by atoms with E-state index in [-0.39, 0.29) is 10.9 Å². The highest BCUT2D eigenvalue weighted by molar-refractivity contribution is 7.89. The van der Waals surface area contributed by atoms with Crippen molar-refractivity contribution in [3.05, 3.63) is 35.5 Å². The lowest BCUT2D eigenvalue weighted by Crippen LogP contribution is -2.34. The fraction of sp³-hybridized carbons (Fsp3) is 0.400. The van der Waals surface area contributed by atoms with Crippen molar-refractivity contribution >= 4 is 32.5 Å². The molecule has 1 heterocycles. The largest absolute Gasteiger partial charge is 0.243 e. The first-order chi connectivity index (χ1) is 9.86. The fourth-order valence-electron chi connectivity index (χ4n) is 2.24. The van der Waals surface area contributed by atoms with Crippen LogP contribution in [-0.4, -0.2) is 30.8 Å². The minimum Gasteiger partial charge on any atom is -0.236 e. The van der Waals surface area contributed by atoms with Crippen LogP contribution in [0.4, 0.5) is 0 Å². The van der Waals surface area contributed by atoms with E-state index in [0.29, 0.717) is 10.7 Å². The van der Waals surface area contributed by atoms with E-state index in [1.807, 2.05) is 13.8 Å². The third kappa shape index (κ3) is 3.36. The lowest BCUT2D eigenvalue weighted by Gasteiger charge is -2.24. The summed E-state index contributed by atoms with van der Waals surface area (Å²) in [5, 5.41) is 1.16. The highest BCUT2D eigenvalue weighted by atomic mass is 35.5. The summed E-state index contributed by atoms with van der Waals surface area (Å²) in [7, 11) is -1.86. The summed E-state index contributed by atoms with van der Waals surface area (Å²) in [6, 6.07) is 8.31. The van der Waals surface area contributed by atoms with Crippen LogP contribution in [0.25, 0.3) is 10.9 Å². The average Bonchev–Trinajstić information content (AvgIpc) is 2.45. The van der Waals surface area contributed by atoms with Crippen LogP contribution in [-0.2, 0) is 10.0 Å². The molecule has 6 heteroatoms. The Bertz CT molecular complexity index is 746. The summed E-state index contributed by atoms with van der Waals surface area (Å²) in [6.45, 7) is 3.96.